The lowest BCUT2D eigenvalue weighted by molar-refractivity contribution is 0.0558. The van der Waals surface area contributed by atoms with E-state index in [0.717, 1.165) is 38.2 Å². The molecule has 2 rings (SSSR count). The van der Waals surface area contributed by atoms with Gasteiger partial charge in [-0.1, -0.05) is 0 Å². The van der Waals surface area contributed by atoms with Crippen molar-refractivity contribution in [1.82, 2.24) is 5.32 Å². The highest BCUT2D eigenvalue weighted by atomic mass is 79.9. The van der Waals surface area contributed by atoms with Crippen molar-refractivity contribution in [1.29, 1.82) is 0 Å². The van der Waals surface area contributed by atoms with E-state index in [9.17, 15) is 5.11 Å². The minimum absolute atomic E-state index is 0.147. The zero-order valence-electron chi connectivity index (χ0n) is 12.0. The first-order valence-corrected chi connectivity index (χ1v) is 7.77. The monoisotopic (exact) mass is 343 g/mol. The molecule has 0 aromatic heterocycles. The molecule has 0 spiro atoms. The molecule has 1 fully saturated rings. The van der Waals surface area contributed by atoms with Crippen LogP contribution in [0.3, 0.4) is 0 Å². The van der Waals surface area contributed by atoms with Crippen molar-refractivity contribution >= 4 is 15.9 Å². The fraction of sp³-hybridized carbons (Fsp3) is 0.600. The first-order chi connectivity index (χ1) is 9.61. The predicted molar refractivity (Wildman–Crippen MR) is 82.2 cm³/mol. The average molecular weight is 344 g/mol. The Bertz CT molecular complexity index is 447. The van der Waals surface area contributed by atoms with Gasteiger partial charge in [0, 0.05) is 25.8 Å². The summed E-state index contributed by atoms with van der Waals surface area (Å²) in [6, 6.07) is 4.24. The molecule has 1 saturated heterocycles. The molecule has 1 atom stereocenters. The third-order valence-electron chi connectivity index (χ3n) is 3.91. The summed E-state index contributed by atoms with van der Waals surface area (Å²) in [5, 5.41) is 13.4. The molecule has 2 N–H and O–H groups in total. The number of methoxy groups -OCH3 is 1. The van der Waals surface area contributed by atoms with Crippen LogP contribution in [0.15, 0.2) is 16.6 Å². The first-order valence-electron chi connectivity index (χ1n) is 6.98. The maximum atomic E-state index is 9.80. The Kier molecular flexibility index (Phi) is 5.69. The molecule has 1 heterocycles. The number of benzene rings is 1. The van der Waals surface area contributed by atoms with E-state index in [1.54, 1.807) is 7.11 Å². The largest absolute Gasteiger partial charge is 0.503 e. The molecule has 20 heavy (non-hydrogen) atoms. The molecule has 0 amide bonds. The molecular formula is C15H22BrNO3. The van der Waals surface area contributed by atoms with E-state index in [1.807, 2.05) is 12.1 Å². The molecule has 5 heteroatoms. The van der Waals surface area contributed by atoms with Gasteiger partial charge in [-0.2, -0.15) is 0 Å². The van der Waals surface area contributed by atoms with Crippen LogP contribution in [0.2, 0.25) is 0 Å². The Labute approximate surface area is 128 Å². The molecule has 1 unspecified atom stereocenters. The van der Waals surface area contributed by atoms with Gasteiger partial charge in [-0.05, 0) is 59.3 Å². The van der Waals surface area contributed by atoms with Crippen LogP contribution in [0.5, 0.6) is 11.5 Å². The third-order valence-corrected chi connectivity index (χ3v) is 4.51. The van der Waals surface area contributed by atoms with Crippen molar-refractivity contribution in [2.45, 2.75) is 32.4 Å². The smallest absolute Gasteiger partial charge is 0.172 e. The van der Waals surface area contributed by atoms with Crippen molar-refractivity contribution in [3.63, 3.8) is 0 Å². The van der Waals surface area contributed by atoms with Gasteiger partial charge in [0.1, 0.15) is 0 Å². The second kappa shape index (κ2) is 7.29. The number of aromatic hydroxyl groups is 1. The van der Waals surface area contributed by atoms with E-state index in [4.69, 9.17) is 9.47 Å². The Morgan fingerprint density at radius 3 is 2.80 bits per heavy atom. The minimum atomic E-state index is 0.147. The number of halogens is 1. The summed E-state index contributed by atoms with van der Waals surface area (Å²) in [5.74, 6) is 1.31. The van der Waals surface area contributed by atoms with Crippen LogP contribution in [0.25, 0.3) is 0 Å². The van der Waals surface area contributed by atoms with Crippen molar-refractivity contribution in [2.24, 2.45) is 5.92 Å². The molecule has 1 aliphatic heterocycles. The molecular weight excluding hydrogens is 322 g/mol. The minimum Gasteiger partial charge on any atom is -0.503 e. The fourth-order valence-corrected chi connectivity index (χ4v) is 3.04. The van der Waals surface area contributed by atoms with Crippen LogP contribution in [-0.2, 0) is 11.3 Å². The van der Waals surface area contributed by atoms with Gasteiger partial charge in [-0.3, -0.25) is 0 Å². The van der Waals surface area contributed by atoms with Crippen LogP contribution in [-0.4, -0.2) is 31.5 Å². The lowest BCUT2D eigenvalue weighted by Crippen LogP contribution is -2.36. The number of hydrogen-bond donors (Lipinski definition) is 2. The zero-order valence-corrected chi connectivity index (χ0v) is 13.6. The number of rotatable bonds is 5. The highest BCUT2D eigenvalue weighted by Gasteiger charge is 2.20. The summed E-state index contributed by atoms with van der Waals surface area (Å²) in [5.41, 5.74) is 1.09. The van der Waals surface area contributed by atoms with Crippen LogP contribution in [0.4, 0.5) is 0 Å². The van der Waals surface area contributed by atoms with Crippen molar-refractivity contribution in [3.05, 3.63) is 22.2 Å². The molecule has 1 aliphatic rings. The van der Waals surface area contributed by atoms with Crippen LogP contribution < -0.4 is 10.1 Å². The highest BCUT2D eigenvalue weighted by Crippen LogP contribution is 2.35. The van der Waals surface area contributed by atoms with Gasteiger partial charge < -0.3 is 19.9 Å². The Balaban J connectivity index is 1.94. The van der Waals surface area contributed by atoms with Gasteiger partial charge in [0.2, 0.25) is 0 Å². The Morgan fingerprint density at radius 2 is 2.15 bits per heavy atom. The molecule has 1 aromatic carbocycles. The third kappa shape index (κ3) is 3.87. The molecule has 4 nitrogen and oxygen atoms in total. The van der Waals surface area contributed by atoms with E-state index in [-0.39, 0.29) is 5.75 Å². The number of phenolic OH excluding ortho intramolecular Hbond substituents is 1. The Morgan fingerprint density at radius 1 is 1.45 bits per heavy atom. The quantitative estimate of drug-likeness (QED) is 0.862. The van der Waals surface area contributed by atoms with Crippen LogP contribution >= 0.6 is 15.9 Å². The second-order valence-corrected chi connectivity index (χ2v) is 6.10. The zero-order chi connectivity index (χ0) is 14.5. The molecule has 0 radical (unpaired) electrons. The number of nitrogens with one attached hydrogen (secondary N) is 1. The van der Waals surface area contributed by atoms with Gasteiger partial charge in [-0.15, -0.1) is 0 Å². The van der Waals surface area contributed by atoms with E-state index >= 15 is 0 Å². The first kappa shape index (κ1) is 15.6. The maximum absolute atomic E-state index is 9.80. The summed E-state index contributed by atoms with van der Waals surface area (Å²) in [4.78, 5) is 0. The summed E-state index contributed by atoms with van der Waals surface area (Å²) < 4.78 is 11.2. The molecule has 0 bridgehead atoms. The summed E-state index contributed by atoms with van der Waals surface area (Å²) >= 11 is 3.35. The van der Waals surface area contributed by atoms with Crippen molar-refractivity contribution in [2.75, 3.05) is 20.3 Å². The Hall–Kier alpha value is -0.780. The standard InChI is InChI=1S/C15H22BrNO3/c1-10(12-3-5-20-6-4-12)17-9-11-7-13(16)15(18)14(8-11)19-2/h7-8,10,12,17-18H,3-6,9H2,1-2H3. The topological polar surface area (TPSA) is 50.7 Å². The summed E-state index contributed by atoms with van der Waals surface area (Å²) in [6.45, 7) is 4.72. The highest BCUT2D eigenvalue weighted by molar-refractivity contribution is 9.10. The maximum Gasteiger partial charge on any atom is 0.172 e. The SMILES string of the molecule is COc1cc(CNC(C)C2CCOCC2)cc(Br)c1O. The van der Waals surface area contributed by atoms with Gasteiger partial charge in [0.15, 0.2) is 11.5 Å². The number of phenols is 1. The predicted octanol–water partition coefficient (Wildman–Crippen LogP) is 3.07. The van der Waals surface area contributed by atoms with Crippen molar-refractivity contribution in [3.8, 4) is 11.5 Å². The number of hydrogen-bond acceptors (Lipinski definition) is 4. The molecule has 1 aromatic rings. The van der Waals surface area contributed by atoms with Crippen molar-refractivity contribution < 1.29 is 14.6 Å². The summed E-state index contributed by atoms with van der Waals surface area (Å²) in [7, 11) is 1.56. The molecule has 0 saturated carbocycles. The van der Waals surface area contributed by atoms with E-state index in [1.165, 1.54) is 0 Å². The van der Waals surface area contributed by atoms with Gasteiger partial charge in [0.05, 0.1) is 11.6 Å². The fourth-order valence-electron chi connectivity index (χ4n) is 2.55. The van der Waals surface area contributed by atoms with E-state index < -0.39 is 0 Å². The van der Waals surface area contributed by atoms with E-state index in [0.29, 0.717) is 22.2 Å². The average Bonchev–Trinajstić information content (AvgIpc) is 2.48. The lowest BCUT2D eigenvalue weighted by Gasteiger charge is -2.28. The lowest BCUT2D eigenvalue weighted by atomic mass is 9.93. The van der Waals surface area contributed by atoms with Gasteiger partial charge >= 0.3 is 0 Å². The van der Waals surface area contributed by atoms with Crippen LogP contribution in [0.1, 0.15) is 25.3 Å². The second-order valence-electron chi connectivity index (χ2n) is 5.25. The molecule has 0 aliphatic carbocycles. The van der Waals surface area contributed by atoms with Gasteiger partial charge in [0.25, 0.3) is 0 Å². The molecule has 112 valence electrons. The van der Waals surface area contributed by atoms with Gasteiger partial charge in [-0.25, -0.2) is 0 Å². The van der Waals surface area contributed by atoms with E-state index in [2.05, 4.69) is 28.2 Å². The normalized spacial score (nSPS) is 17.9. The number of ether oxygens (including phenoxy) is 2. The van der Waals surface area contributed by atoms with Crippen LogP contribution in [0, 0.1) is 5.92 Å². The summed E-state index contributed by atoms with van der Waals surface area (Å²) in [6.07, 6.45) is 2.24.